The summed E-state index contributed by atoms with van der Waals surface area (Å²) >= 11 is 5.97. The highest BCUT2D eigenvalue weighted by Gasteiger charge is 2.42. The summed E-state index contributed by atoms with van der Waals surface area (Å²) in [5.74, 6) is -1.05. The van der Waals surface area contributed by atoms with E-state index in [1.54, 1.807) is 42.5 Å². The SMILES string of the molecule is CC(C)CC(C(=O)NCc1cccc(Cl)c1)N1C(=O)c2ccccc2C1=O. The van der Waals surface area contributed by atoms with Gasteiger partial charge in [-0.15, -0.1) is 0 Å². The Bertz CT molecular complexity index is 860. The molecular formula is C21H21ClN2O3. The van der Waals surface area contributed by atoms with Crippen LogP contribution >= 0.6 is 11.6 Å². The number of halogens is 1. The molecule has 140 valence electrons. The van der Waals surface area contributed by atoms with Crippen LogP contribution in [-0.2, 0) is 11.3 Å². The van der Waals surface area contributed by atoms with E-state index >= 15 is 0 Å². The summed E-state index contributed by atoms with van der Waals surface area (Å²) in [7, 11) is 0. The average Bonchev–Trinajstić information content (AvgIpc) is 2.89. The molecule has 1 aliphatic rings. The Hall–Kier alpha value is -2.66. The van der Waals surface area contributed by atoms with Crippen molar-refractivity contribution in [1.29, 1.82) is 0 Å². The Kier molecular flexibility index (Phi) is 5.61. The predicted molar refractivity (Wildman–Crippen MR) is 103 cm³/mol. The normalized spacial score (nSPS) is 14.4. The summed E-state index contributed by atoms with van der Waals surface area (Å²) in [6.07, 6.45) is 0.396. The zero-order valence-corrected chi connectivity index (χ0v) is 16.0. The zero-order valence-electron chi connectivity index (χ0n) is 15.2. The Morgan fingerprint density at radius 2 is 1.67 bits per heavy atom. The van der Waals surface area contributed by atoms with Crippen molar-refractivity contribution in [3.63, 3.8) is 0 Å². The van der Waals surface area contributed by atoms with E-state index in [2.05, 4.69) is 5.32 Å². The van der Waals surface area contributed by atoms with E-state index in [1.165, 1.54) is 0 Å². The van der Waals surface area contributed by atoms with Crippen molar-refractivity contribution in [2.45, 2.75) is 32.9 Å². The van der Waals surface area contributed by atoms with Crippen molar-refractivity contribution in [1.82, 2.24) is 10.2 Å². The molecule has 0 bridgehead atoms. The number of nitrogens with one attached hydrogen (secondary N) is 1. The highest BCUT2D eigenvalue weighted by atomic mass is 35.5. The third kappa shape index (κ3) is 4.03. The van der Waals surface area contributed by atoms with Gasteiger partial charge in [-0.3, -0.25) is 19.3 Å². The van der Waals surface area contributed by atoms with Crippen molar-refractivity contribution >= 4 is 29.3 Å². The maximum atomic E-state index is 12.9. The molecule has 3 rings (SSSR count). The molecule has 0 saturated carbocycles. The third-order valence-corrected chi connectivity index (χ3v) is 4.73. The first kappa shape index (κ1) is 19.1. The van der Waals surface area contributed by atoms with E-state index in [-0.39, 0.29) is 18.4 Å². The fraction of sp³-hybridized carbons (Fsp3) is 0.286. The van der Waals surface area contributed by atoms with Crippen molar-refractivity contribution in [2.24, 2.45) is 5.92 Å². The van der Waals surface area contributed by atoms with Crippen LogP contribution in [0.1, 0.15) is 46.5 Å². The first-order valence-electron chi connectivity index (χ1n) is 8.87. The molecule has 1 heterocycles. The Labute approximate surface area is 163 Å². The minimum Gasteiger partial charge on any atom is -0.350 e. The van der Waals surface area contributed by atoms with E-state index < -0.39 is 17.9 Å². The molecule has 0 spiro atoms. The monoisotopic (exact) mass is 384 g/mol. The Morgan fingerprint density at radius 1 is 1.04 bits per heavy atom. The molecule has 2 aromatic rings. The fourth-order valence-corrected chi connectivity index (χ4v) is 3.43. The molecule has 1 unspecified atom stereocenters. The first-order valence-corrected chi connectivity index (χ1v) is 9.25. The van der Waals surface area contributed by atoms with Crippen molar-refractivity contribution in [3.05, 3.63) is 70.2 Å². The molecule has 0 fully saturated rings. The van der Waals surface area contributed by atoms with Gasteiger partial charge in [-0.1, -0.05) is 49.7 Å². The fourth-order valence-electron chi connectivity index (χ4n) is 3.22. The lowest BCUT2D eigenvalue weighted by Gasteiger charge is -2.26. The van der Waals surface area contributed by atoms with Crippen molar-refractivity contribution in [2.75, 3.05) is 0 Å². The summed E-state index contributed by atoms with van der Waals surface area (Å²) in [6, 6.07) is 13.0. The molecule has 1 atom stereocenters. The van der Waals surface area contributed by atoms with Crippen LogP contribution in [0.25, 0.3) is 0 Å². The Morgan fingerprint density at radius 3 is 2.22 bits per heavy atom. The topological polar surface area (TPSA) is 66.5 Å². The highest BCUT2D eigenvalue weighted by molar-refractivity contribution is 6.30. The summed E-state index contributed by atoms with van der Waals surface area (Å²) in [5.41, 5.74) is 1.54. The van der Waals surface area contributed by atoms with Crippen LogP contribution < -0.4 is 5.32 Å². The molecule has 27 heavy (non-hydrogen) atoms. The van der Waals surface area contributed by atoms with Gasteiger partial charge >= 0.3 is 0 Å². The van der Waals surface area contributed by atoms with Gasteiger partial charge in [0.15, 0.2) is 0 Å². The number of carbonyl (C=O) groups excluding carboxylic acids is 3. The number of rotatable bonds is 6. The second-order valence-corrected chi connectivity index (χ2v) is 7.46. The number of fused-ring (bicyclic) bond motifs is 1. The van der Waals surface area contributed by atoms with Gasteiger partial charge in [0.25, 0.3) is 11.8 Å². The second-order valence-electron chi connectivity index (χ2n) is 7.02. The Balaban J connectivity index is 1.81. The maximum Gasteiger partial charge on any atom is 0.262 e. The smallest absolute Gasteiger partial charge is 0.262 e. The minimum absolute atomic E-state index is 0.135. The summed E-state index contributed by atoms with van der Waals surface area (Å²) in [6.45, 7) is 4.18. The molecule has 3 amide bonds. The van der Waals surface area contributed by atoms with Crippen LogP contribution in [0.2, 0.25) is 5.02 Å². The third-order valence-electron chi connectivity index (χ3n) is 4.49. The van der Waals surface area contributed by atoms with E-state index in [0.717, 1.165) is 10.5 Å². The maximum absolute atomic E-state index is 12.9. The number of imide groups is 1. The van der Waals surface area contributed by atoms with Crippen LogP contribution in [0, 0.1) is 5.92 Å². The lowest BCUT2D eigenvalue weighted by Crippen LogP contribution is -2.50. The molecule has 0 aliphatic carbocycles. The van der Waals surface area contributed by atoms with Crippen LogP contribution in [0.15, 0.2) is 48.5 Å². The molecule has 5 nitrogen and oxygen atoms in total. The van der Waals surface area contributed by atoms with E-state index in [0.29, 0.717) is 22.6 Å². The van der Waals surface area contributed by atoms with Crippen LogP contribution in [0.3, 0.4) is 0 Å². The van der Waals surface area contributed by atoms with Crippen LogP contribution in [0.4, 0.5) is 0 Å². The van der Waals surface area contributed by atoms with Crippen LogP contribution in [0.5, 0.6) is 0 Å². The lowest BCUT2D eigenvalue weighted by molar-refractivity contribution is -0.125. The van der Waals surface area contributed by atoms with Crippen LogP contribution in [-0.4, -0.2) is 28.7 Å². The standard InChI is InChI=1S/C21H21ClN2O3/c1-13(2)10-18(19(25)23-12-14-6-5-7-15(22)11-14)24-20(26)16-8-3-4-9-17(16)21(24)27/h3-9,11,13,18H,10,12H2,1-2H3,(H,23,25). The second kappa shape index (κ2) is 7.92. The van der Waals surface area contributed by atoms with Crippen molar-refractivity contribution in [3.8, 4) is 0 Å². The van der Waals surface area contributed by atoms with Gasteiger partial charge in [-0.2, -0.15) is 0 Å². The van der Waals surface area contributed by atoms with Gasteiger partial charge in [-0.25, -0.2) is 0 Å². The molecule has 6 heteroatoms. The predicted octanol–water partition coefficient (Wildman–Crippen LogP) is 3.67. The number of benzene rings is 2. The van der Waals surface area contributed by atoms with Gasteiger partial charge in [0.2, 0.25) is 5.91 Å². The quantitative estimate of drug-likeness (QED) is 0.773. The number of carbonyl (C=O) groups is 3. The van der Waals surface area contributed by atoms with Crippen molar-refractivity contribution < 1.29 is 14.4 Å². The minimum atomic E-state index is -0.850. The van der Waals surface area contributed by atoms with Gasteiger partial charge in [0.05, 0.1) is 11.1 Å². The lowest BCUT2D eigenvalue weighted by atomic mass is 10.0. The molecule has 0 radical (unpaired) electrons. The zero-order chi connectivity index (χ0) is 19.6. The van der Waals surface area contributed by atoms with Gasteiger partial charge in [0.1, 0.15) is 6.04 Å². The number of nitrogens with zero attached hydrogens (tertiary/aromatic N) is 1. The average molecular weight is 385 g/mol. The van der Waals surface area contributed by atoms with Gasteiger partial charge in [0, 0.05) is 11.6 Å². The molecule has 1 N–H and O–H groups in total. The summed E-state index contributed by atoms with van der Waals surface area (Å²) in [5, 5.41) is 3.42. The number of hydrogen-bond donors (Lipinski definition) is 1. The van der Waals surface area contributed by atoms with E-state index in [1.807, 2.05) is 19.9 Å². The summed E-state index contributed by atoms with van der Waals surface area (Å²) in [4.78, 5) is 39.5. The van der Waals surface area contributed by atoms with E-state index in [4.69, 9.17) is 11.6 Å². The molecule has 0 saturated heterocycles. The number of amides is 3. The largest absolute Gasteiger partial charge is 0.350 e. The van der Waals surface area contributed by atoms with Gasteiger partial charge in [-0.05, 0) is 42.2 Å². The van der Waals surface area contributed by atoms with Gasteiger partial charge < -0.3 is 5.32 Å². The molecule has 1 aliphatic heterocycles. The van der Waals surface area contributed by atoms with E-state index in [9.17, 15) is 14.4 Å². The highest BCUT2D eigenvalue weighted by Crippen LogP contribution is 2.27. The summed E-state index contributed by atoms with van der Waals surface area (Å²) < 4.78 is 0. The number of hydrogen-bond acceptors (Lipinski definition) is 3. The molecular weight excluding hydrogens is 364 g/mol. The first-order chi connectivity index (χ1) is 12.9. The molecule has 2 aromatic carbocycles. The molecule has 0 aromatic heterocycles.